The van der Waals surface area contributed by atoms with Gasteiger partial charge in [-0.25, -0.2) is 0 Å². The number of nitrogens with one attached hydrogen (secondary N) is 2. The molecule has 1 aliphatic rings. The van der Waals surface area contributed by atoms with Crippen LogP contribution in [0.25, 0.3) is 6.08 Å². The van der Waals surface area contributed by atoms with Crippen molar-refractivity contribution in [3.8, 4) is 5.75 Å². The molecule has 1 aromatic rings. The topological polar surface area (TPSA) is 97.0 Å². The normalized spacial score (nSPS) is 16.3. The van der Waals surface area contributed by atoms with Crippen molar-refractivity contribution in [3.05, 3.63) is 35.9 Å². The zero-order chi connectivity index (χ0) is 21.2. The predicted octanol–water partition coefficient (Wildman–Crippen LogP) is 1.25. The van der Waals surface area contributed by atoms with E-state index in [1.807, 2.05) is 19.1 Å². The minimum atomic E-state index is -0.813. The van der Waals surface area contributed by atoms with Gasteiger partial charge in [-0.05, 0) is 42.4 Å². The summed E-state index contributed by atoms with van der Waals surface area (Å²) in [6.07, 6.45) is 3.55. The lowest BCUT2D eigenvalue weighted by Gasteiger charge is -2.36. The van der Waals surface area contributed by atoms with Crippen molar-refractivity contribution >= 4 is 41.2 Å². The second kappa shape index (κ2) is 11.2. The zero-order valence-corrected chi connectivity index (χ0v) is 17.3. The van der Waals surface area contributed by atoms with Gasteiger partial charge in [0.2, 0.25) is 11.8 Å². The van der Waals surface area contributed by atoms with E-state index >= 15 is 0 Å². The van der Waals surface area contributed by atoms with Crippen molar-refractivity contribution in [3.63, 3.8) is 0 Å². The number of carbonyl (C=O) groups excluding carboxylic acids is 3. The van der Waals surface area contributed by atoms with Crippen molar-refractivity contribution in [1.29, 1.82) is 0 Å². The molecular formula is C20H25N3O5S. The molecule has 0 bridgehead atoms. The lowest BCUT2D eigenvalue weighted by atomic mass is 10.1. The number of ether oxygens (including phenoxy) is 2. The van der Waals surface area contributed by atoms with Crippen LogP contribution in [0.2, 0.25) is 0 Å². The maximum atomic E-state index is 12.2. The average molecular weight is 420 g/mol. The number of methoxy groups -OCH3 is 1. The van der Waals surface area contributed by atoms with E-state index < -0.39 is 17.9 Å². The molecule has 1 fully saturated rings. The lowest BCUT2D eigenvalue weighted by molar-refractivity contribution is -0.147. The van der Waals surface area contributed by atoms with Gasteiger partial charge in [-0.3, -0.25) is 19.7 Å². The number of esters is 1. The Kier molecular flexibility index (Phi) is 8.60. The molecule has 9 heteroatoms. The molecule has 2 amide bonds. The van der Waals surface area contributed by atoms with Crippen molar-refractivity contribution in [2.75, 3.05) is 26.8 Å². The summed E-state index contributed by atoms with van der Waals surface area (Å²) in [6.45, 7) is 2.94. The molecule has 1 unspecified atom stereocenters. The van der Waals surface area contributed by atoms with Crippen LogP contribution < -0.4 is 15.4 Å². The lowest BCUT2D eigenvalue weighted by Crippen LogP contribution is -2.60. The van der Waals surface area contributed by atoms with Gasteiger partial charge in [0, 0.05) is 19.2 Å². The average Bonchev–Trinajstić information content (AvgIpc) is 2.72. The standard InChI is InChI=1S/C20H25N3O5S/c1-3-12-28-18(25)13-16-19(26)21-10-11-23(16)20(29)22-17(24)9-6-14-4-7-15(27-2)8-5-14/h4-9,16H,3,10-13H2,1-2H3,(H,21,26)(H,22,24,29). The van der Waals surface area contributed by atoms with E-state index in [0.717, 1.165) is 11.3 Å². The number of piperazine rings is 1. The molecule has 0 aliphatic carbocycles. The Labute approximate surface area is 175 Å². The third-order valence-corrected chi connectivity index (χ3v) is 4.53. The molecule has 8 nitrogen and oxygen atoms in total. The maximum absolute atomic E-state index is 12.2. The Bertz CT molecular complexity index is 779. The molecular weight excluding hydrogens is 394 g/mol. The number of hydrogen-bond acceptors (Lipinski definition) is 6. The summed E-state index contributed by atoms with van der Waals surface area (Å²) in [5.41, 5.74) is 0.820. The molecule has 2 N–H and O–H groups in total. The minimum Gasteiger partial charge on any atom is -0.497 e. The number of amides is 2. The van der Waals surface area contributed by atoms with E-state index in [4.69, 9.17) is 21.7 Å². The van der Waals surface area contributed by atoms with Crippen molar-refractivity contribution in [2.45, 2.75) is 25.8 Å². The third kappa shape index (κ3) is 6.86. The fourth-order valence-corrected chi connectivity index (χ4v) is 3.02. The van der Waals surface area contributed by atoms with Gasteiger partial charge in [0.1, 0.15) is 11.8 Å². The Morgan fingerprint density at radius 1 is 1.34 bits per heavy atom. The minimum absolute atomic E-state index is 0.0949. The third-order valence-electron chi connectivity index (χ3n) is 4.19. The largest absolute Gasteiger partial charge is 0.497 e. The molecule has 29 heavy (non-hydrogen) atoms. The molecule has 1 heterocycles. The van der Waals surface area contributed by atoms with Crippen LogP contribution in [0.4, 0.5) is 0 Å². The van der Waals surface area contributed by atoms with Gasteiger partial charge >= 0.3 is 5.97 Å². The van der Waals surface area contributed by atoms with Gasteiger partial charge in [-0.1, -0.05) is 19.1 Å². The van der Waals surface area contributed by atoms with E-state index in [1.165, 1.54) is 6.08 Å². The fraction of sp³-hybridized carbons (Fsp3) is 0.400. The highest BCUT2D eigenvalue weighted by Crippen LogP contribution is 2.13. The number of nitrogens with zero attached hydrogens (tertiary/aromatic N) is 1. The van der Waals surface area contributed by atoms with Gasteiger partial charge in [0.05, 0.1) is 20.1 Å². The van der Waals surface area contributed by atoms with Gasteiger partial charge < -0.3 is 19.7 Å². The van der Waals surface area contributed by atoms with Crippen LogP contribution in [-0.2, 0) is 19.1 Å². The summed E-state index contributed by atoms with van der Waals surface area (Å²) in [7, 11) is 1.58. The van der Waals surface area contributed by atoms with Gasteiger partial charge in [0.25, 0.3) is 0 Å². The Balaban J connectivity index is 1.96. The monoisotopic (exact) mass is 419 g/mol. The number of benzene rings is 1. The van der Waals surface area contributed by atoms with Crippen LogP contribution >= 0.6 is 12.2 Å². The second-order valence-electron chi connectivity index (χ2n) is 6.33. The molecule has 1 aliphatic heterocycles. The molecule has 0 spiro atoms. The highest BCUT2D eigenvalue weighted by Gasteiger charge is 2.34. The van der Waals surface area contributed by atoms with Gasteiger partial charge in [0.15, 0.2) is 5.11 Å². The van der Waals surface area contributed by atoms with Crippen LogP contribution in [0.5, 0.6) is 5.75 Å². The molecule has 1 saturated heterocycles. The molecule has 156 valence electrons. The van der Waals surface area contributed by atoms with Crippen LogP contribution in [0.1, 0.15) is 25.3 Å². The number of thiocarbonyl (C=S) groups is 1. The Morgan fingerprint density at radius 3 is 2.72 bits per heavy atom. The Morgan fingerprint density at radius 2 is 2.07 bits per heavy atom. The van der Waals surface area contributed by atoms with Crippen LogP contribution in [0.15, 0.2) is 30.3 Å². The molecule has 0 radical (unpaired) electrons. The smallest absolute Gasteiger partial charge is 0.308 e. The SMILES string of the molecule is CCCOC(=O)CC1C(=O)NCCN1C(=S)NC(=O)C=Cc1ccc(OC)cc1. The molecule has 0 aromatic heterocycles. The van der Waals surface area contributed by atoms with Crippen molar-refractivity contribution < 1.29 is 23.9 Å². The molecule has 1 atom stereocenters. The van der Waals surface area contributed by atoms with Crippen molar-refractivity contribution in [1.82, 2.24) is 15.5 Å². The van der Waals surface area contributed by atoms with Gasteiger partial charge in [-0.15, -0.1) is 0 Å². The quantitative estimate of drug-likeness (QED) is 0.390. The summed E-state index contributed by atoms with van der Waals surface area (Å²) in [5.74, 6) is -0.508. The first-order valence-corrected chi connectivity index (χ1v) is 9.72. The number of rotatable bonds is 7. The fourth-order valence-electron chi connectivity index (χ4n) is 2.70. The van der Waals surface area contributed by atoms with Crippen LogP contribution in [-0.4, -0.2) is 60.6 Å². The van der Waals surface area contributed by atoms with E-state index in [-0.39, 0.29) is 17.4 Å². The van der Waals surface area contributed by atoms with Crippen molar-refractivity contribution in [2.24, 2.45) is 0 Å². The summed E-state index contributed by atoms with van der Waals surface area (Å²) in [4.78, 5) is 37.9. The number of hydrogen-bond donors (Lipinski definition) is 2. The maximum Gasteiger partial charge on any atom is 0.308 e. The van der Waals surface area contributed by atoms with Gasteiger partial charge in [-0.2, -0.15) is 0 Å². The van der Waals surface area contributed by atoms with E-state index in [2.05, 4.69) is 10.6 Å². The summed E-state index contributed by atoms with van der Waals surface area (Å²) in [5, 5.41) is 5.38. The Hall–Kier alpha value is -2.94. The first-order chi connectivity index (χ1) is 13.9. The highest BCUT2D eigenvalue weighted by atomic mass is 32.1. The molecule has 2 rings (SSSR count). The van der Waals surface area contributed by atoms with E-state index in [0.29, 0.717) is 26.1 Å². The van der Waals surface area contributed by atoms with Crippen LogP contribution in [0.3, 0.4) is 0 Å². The summed E-state index contributed by atoms with van der Waals surface area (Å²) < 4.78 is 10.1. The van der Waals surface area contributed by atoms with E-state index in [9.17, 15) is 14.4 Å². The predicted molar refractivity (Wildman–Crippen MR) is 112 cm³/mol. The summed E-state index contributed by atoms with van der Waals surface area (Å²) >= 11 is 5.30. The van der Waals surface area contributed by atoms with Crippen LogP contribution in [0, 0.1) is 0 Å². The highest BCUT2D eigenvalue weighted by molar-refractivity contribution is 7.80. The second-order valence-corrected chi connectivity index (χ2v) is 6.71. The first kappa shape index (κ1) is 22.4. The summed E-state index contributed by atoms with van der Waals surface area (Å²) in [6, 6.07) is 6.39. The molecule has 0 saturated carbocycles. The zero-order valence-electron chi connectivity index (χ0n) is 16.5. The first-order valence-electron chi connectivity index (χ1n) is 9.31. The van der Waals surface area contributed by atoms with E-state index in [1.54, 1.807) is 30.2 Å². The molecule has 1 aromatic carbocycles. The number of carbonyl (C=O) groups is 3.